The lowest BCUT2D eigenvalue weighted by molar-refractivity contribution is 0.103. The van der Waals surface area contributed by atoms with E-state index in [9.17, 15) is 5.11 Å². The molecule has 0 bridgehead atoms. The molecule has 1 atom stereocenters. The molecule has 0 radical (unpaired) electrons. The number of nitrogens with zero attached hydrogens (tertiary/aromatic N) is 3. The summed E-state index contributed by atoms with van der Waals surface area (Å²) >= 11 is 1.13. The lowest BCUT2D eigenvalue weighted by atomic mass is 10.2. The zero-order valence-electron chi connectivity index (χ0n) is 12.6. The third kappa shape index (κ3) is 5.39. The molecule has 120 valence electrons. The van der Waals surface area contributed by atoms with Crippen molar-refractivity contribution < 1.29 is 14.6 Å². The second-order valence-electron chi connectivity index (χ2n) is 5.51. The minimum Gasteiger partial charge on any atom is -0.472 e. The van der Waals surface area contributed by atoms with E-state index in [-0.39, 0.29) is 6.61 Å². The molecule has 1 fully saturated rings. The highest BCUT2D eigenvalue weighted by molar-refractivity contribution is 6.99. The highest BCUT2D eigenvalue weighted by Gasteiger charge is 2.20. The molecule has 0 saturated carbocycles. The van der Waals surface area contributed by atoms with Crippen LogP contribution in [-0.2, 0) is 4.74 Å². The second kappa shape index (κ2) is 8.47. The van der Waals surface area contributed by atoms with E-state index in [2.05, 4.69) is 32.8 Å². The van der Waals surface area contributed by atoms with E-state index < -0.39 is 6.10 Å². The largest absolute Gasteiger partial charge is 0.472 e. The maximum atomic E-state index is 9.90. The van der Waals surface area contributed by atoms with Crippen LogP contribution < -0.4 is 15.0 Å². The monoisotopic (exact) mass is 316 g/mol. The van der Waals surface area contributed by atoms with Gasteiger partial charge in [-0.3, -0.25) is 0 Å². The van der Waals surface area contributed by atoms with E-state index in [0.29, 0.717) is 31.6 Å². The molecule has 1 aliphatic rings. The summed E-state index contributed by atoms with van der Waals surface area (Å²) in [5.41, 5.74) is 0. The molecule has 2 N–H and O–H groups in total. The van der Waals surface area contributed by atoms with Gasteiger partial charge in [0.25, 0.3) is 5.88 Å². The Bertz CT molecular complexity index is 410. The van der Waals surface area contributed by atoms with Crippen LogP contribution in [0.5, 0.6) is 5.88 Å². The van der Waals surface area contributed by atoms with Crippen molar-refractivity contribution in [3.63, 3.8) is 0 Å². The van der Waals surface area contributed by atoms with E-state index >= 15 is 0 Å². The predicted molar refractivity (Wildman–Crippen MR) is 82.2 cm³/mol. The smallest absolute Gasteiger partial charge is 0.270 e. The highest BCUT2D eigenvalue weighted by atomic mass is 32.1. The number of aromatic nitrogens is 2. The lowest BCUT2D eigenvalue weighted by Crippen LogP contribution is -2.37. The van der Waals surface area contributed by atoms with Gasteiger partial charge in [-0.15, -0.1) is 4.37 Å². The van der Waals surface area contributed by atoms with E-state index in [1.165, 1.54) is 0 Å². The minimum absolute atomic E-state index is 0.216. The van der Waals surface area contributed by atoms with Crippen LogP contribution in [-0.4, -0.2) is 66.0 Å². The second-order valence-corrected chi connectivity index (χ2v) is 6.04. The number of rotatable bonds is 8. The Morgan fingerprint density at radius 1 is 1.33 bits per heavy atom. The van der Waals surface area contributed by atoms with Crippen molar-refractivity contribution in [2.24, 2.45) is 5.92 Å². The van der Waals surface area contributed by atoms with Crippen LogP contribution in [0.25, 0.3) is 0 Å². The van der Waals surface area contributed by atoms with Crippen molar-refractivity contribution in [2.75, 3.05) is 50.9 Å². The highest BCUT2D eigenvalue weighted by Crippen LogP contribution is 2.26. The number of aliphatic hydroxyl groups is 1. The Kier molecular flexibility index (Phi) is 6.62. The zero-order valence-corrected chi connectivity index (χ0v) is 13.4. The maximum absolute atomic E-state index is 9.90. The van der Waals surface area contributed by atoms with Crippen molar-refractivity contribution in [1.29, 1.82) is 0 Å². The van der Waals surface area contributed by atoms with E-state index in [4.69, 9.17) is 9.47 Å². The topological polar surface area (TPSA) is 79.7 Å². The summed E-state index contributed by atoms with van der Waals surface area (Å²) in [4.78, 5) is 2.10. The molecule has 0 aliphatic carbocycles. The normalized spacial score (nSPS) is 17.2. The quantitative estimate of drug-likeness (QED) is 0.717. The van der Waals surface area contributed by atoms with Gasteiger partial charge in [-0.05, 0) is 12.5 Å². The van der Waals surface area contributed by atoms with E-state index in [0.717, 1.165) is 37.2 Å². The molecule has 7 nitrogen and oxygen atoms in total. The fourth-order valence-electron chi connectivity index (χ4n) is 2.01. The number of hydrogen-bond donors (Lipinski definition) is 2. The molecule has 0 spiro atoms. The van der Waals surface area contributed by atoms with Gasteiger partial charge in [0.1, 0.15) is 12.7 Å². The fraction of sp³-hybridized carbons (Fsp3) is 0.846. The number of nitrogens with one attached hydrogen (secondary N) is 1. The standard InChI is InChI=1S/C13H24N4O3S/c1-10(2)7-14-8-11(18)9-20-13-12(15-21-16-13)17-3-5-19-6-4-17/h10-11,14,18H,3-9H2,1-2H3. The summed E-state index contributed by atoms with van der Waals surface area (Å²) in [7, 11) is 0. The Morgan fingerprint density at radius 3 is 2.81 bits per heavy atom. The van der Waals surface area contributed by atoms with Gasteiger partial charge in [0, 0.05) is 19.6 Å². The van der Waals surface area contributed by atoms with Crippen molar-refractivity contribution in [3.8, 4) is 5.88 Å². The first-order valence-electron chi connectivity index (χ1n) is 7.33. The van der Waals surface area contributed by atoms with Gasteiger partial charge in [0.05, 0.1) is 24.9 Å². The molecular formula is C13H24N4O3S. The van der Waals surface area contributed by atoms with Gasteiger partial charge in [-0.1, -0.05) is 13.8 Å². The molecule has 0 amide bonds. The average molecular weight is 316 g/mol. The van der Waals surface area contributed by atoms with Crippen molar-refractivity contribution >= 4 is 17.5 Å². The first kappa shape index (κ1) is 16.4. The number of hydrogen-bond acceptors (Lipinski definition) is 8. The van der Waals surface area contributed by atoms with Crippen LogP contribution in [0.2, 0.25) is 0 Å². The summed E-state index contributed by atoms with van der Waals surface area (Å²) in [5.74, 6) is 1.82. The van der Waals surface area contributed by atoms with Gasteiger partial charge in [0.15, 0.2) is 0 Å². The number of anilines is 1. The summed E-state index contributed by atoms with van der Waals surface area (Å²) in [5, 5.41) is 13.1. The molecule has 0 aromatic carbocycles. The lowest BCUT2D eigenvalue weighted by Gasteiger charge is -2.26. The van der Waals surface area contributed by atoms with Crippen LogP contribution in [0, 0.1) is 5.92 Å². The Balaban J connectivity index is 1.76. The Morgan fingerprint density at radius 2 is 2.10 bits per heavy atom. The van der Waals surface area contributed by atoms with Crippen molar-refractivity contribution in [1.82, 2.24) is 14.1 Å². The summed E-state index contributed by atoms with van der Waals surface area (Å²) in [6.07, 6.45) is -0.553. The first-order chi connectivity index (χ1) is 10.2. The van der Waals surface area contributed by atoms with E-state index in [1.54, 1.807) is 0 Å². The maximum Gasteiger partial charge on any atom is 0.270 e. The van der Waals surface area contributed by atoms with Crippen LogP contribution >= 0.6 is 11.7 Å². The molecule has 2 heterocycles. The van der Waals surface area contributed by atoms with Crippen LogP contribution in [0.15, 0.2) is 0 Å². The molecule has 2 rings (SSSR count). The molecule has 1 aliphatic heterocycles. The van der Waals surface area contributed by atoms with Crippen LogP contribution in [0.4, 0.5) is 5.82 Å². The van der Waals surface area contributed by atoms with Crippen LogP contribution in [0.3, 0.4) is 0 Å². The SMILES string of the molecule is CC(C)CNCC(O)COc1nsnc1N1CCOCC1. The predicted octanol–water partition coefficient (Wildman–Crippen LogP) is 0.360. The van der Waals surface area contributed by atoms with Crippen molar-refractivity contribution in [3.05, 3.63) is 0 Å². The van der Waals surface area contributed by atoms with E-state index in [1.807, 2.05) is 0 Å². The van der Waals surface area contributed by atoms with Gasteiger partial charge in [-0.25, -0.2) is 0 Å². The number of ether oxygens (including phenoxy) is 2. The zero-order chi connectivity index (χ0) is 15.1. The number of aliphatic hydroxyl groups excluding tert-OH is 1. The average Bonchev–Trinajstić information content (AvgIpc) is 2.94. The van der Waals surface area contributed by atoms with Gasteiger partial charge in [-0.2, -0.15) is 4.37 Å². The number of morpholine rings is 1. The molecule has 8 heteroatoms. The molecule has 1 aromatic heterocycles. The molecule has 1 unspecified atom stereocenters. The summed E-state index contributed by atoms with van der Waals surface area (Å²) in [6.45, 7) is 8.85. The minimum atomic E-state index is -0.553. The third-order valence-electron chi connectivity index (χ3n) is 3.10. The molecule has 21 heavy (non-hydrogen) atoms. The Labute approximate surface area is 129 Å². The van der Waals surface area contributed by atoms with Gasteiger partial charge in [0.2, 0.25) is 5.82 Å². The third-order valence-corrected chi connectivity index (χ3v) is 3.60. The molecule has 1 saturated heterocycles. The van der Waals surface area contributed by atoms with Crippen molar-refractivity contribution in [2.45, 2.75) is 20.0 Å². The first-order valence-corrected chi connectivity index (χ1v) is 8.06. The molecule has 1 aromatic rings. The Hall–Kier alpha value is -0.960. The van der Waals surface area contributed by atoms with Gasteiger partial charge >= 0.3 is 0 Å². The van der Waals surface area contributed by atoms with Gasteiger partial charge < -0.3 is 24.8 Å². The van der Waals surface area contributed by atoms with Crippen LogP contribution in [0.1, 0.15) is 13.8 Å². The molecular weight excluding hydrogens is 292 g/mol. The summed E-state index contributed by atoms with van der Waals surface area (Å²) < 4.78 is 19.4. The summed E-state index contributed by atoms with van der Waals surface area (Å²) in [6, 6.07) is 0. The fourth-order valence-corrected chi connectivity index (χ4v) is 2.53.